The Morgan fingerprint density at radius 3 is 2.26 bits per heavy atom. The average Bonchev–Trinajstić information content (AvgIpc) is 2.68. The van der Waals surface area contributed by atoms with Crippen LogP contribution in [0.2, 0.25) is 0 Å². The predicted molar refractivity (Wildman–Crippen MR) is 101 cm³/mol. The lowest BCUT2D eigenvalue weighted by molar-refractivity contribution is 0.0566. The smallest absolute Gasteiger partial charge is 0.409 e. The molecular formula is C18H28N6O3. The Morgan fingerprint density at radius 2 is 1.63 bits per heavy atom. The van der Waals surface area contributed by atoms with Crippen molar-refractivity contribution in [2.75, 3.05) is 70.9 Å². The fourth-order valence-corrected chi connectivity index (χ4v) is 3.28. The summed E-state index contributed by atoms with van der Waals surface area (Å²) in [7, 11) is 2.10. The standard InChI is InChI=1S/C18H28N6O3/c1-4-27-18(26)24-11-9-22(10-12-24)16(25)15-13-14(2)19-17(20-15)23-7-5-21(3)6-8-23/h13H,4-12H2,1-3H3. The van der Waals surface area contributed by atoms with Gasteiger partial charge in [-0.25, -0.2) is 14.8 Å². The van der Waals surface area contributed by atoms with Crippen molar-refractivity contribution in [1.29, 1.82) is 0 Å². The summed E-state index contributed by atoms with van der Waals surface area (Å²) >= 11 is 0. The molecule has 2 aliphatic heterocycles. The van der Waals surface area contributed by atoms with Gasteiger partial charge in [-0.1, -0.05) is 0 Å². The molecule has 9 nitrogen and oxygen atoms in total. The lowest BCUT2D eigenvalue weighted by Gasteiger charge is -2.34. The van der Waals surface area contributed by atoms with E-state index in [0.29, 0.717) is 44.4 Å². The van der Waals surface area contributed by atoms with Crippen molar-refractivity contribution in [2.24, 2.45) is 0 Å². The minimum atomic E-state index is -0.320. The van der Waals surface area contributed by atoms with Gasteiger partial charge in [0.25, 0.3) is 5.91 Å². The van der Waals surface area contributed by atoms with Gasteiger partial charge in [0.05, 0.1) is 6.61 Å². The highest BCUT2D eigenvalue weighted by atomic mass is 16.6. The number of anilines is 1. The number of likely N-dealkylation sites (N-methyl/N-ethyl adjacent to an activating group) is 1. The summed E-state index contributed by atoms with van der Waals surface area (Å²) in [6, 6.07) is 1.74. The average molecular weight is 376 g/mol. The Balaban J connectivity index is 1.66. The number of carbonyl (C=O) groups excluding carboxylic acids is 2. The minimum Gasteiger partial charge on any atom is -0.450 e. The summed E-state index contributed by atoms with van der Waals surface area (Å²) in [4.78, 5) is 41.5. The van der Waals surface area contributed by atoms with Gasteiger partial charge in [-0.05, 0) is 27.0 Å². The van der Waals surface area contributed by atoms with Crippen LogP contribution in [0.5, 0.6) is 0 Å². The van der Waals surface area contributed by atoms with Crippen LogP contribution in [-0.2, 0) is 4.74 Å². The van der Waals surface area contributed by atoms with Crippen LogP contribution in [0.15, 0.2) is 6.07 Å². The summed E-state index contributed by atoms with van der Waals surface area (Å²) in [6.07, 6.45) is -0.320. The van der Waals surface area contributed by atoms with Crippen LogP contribution in [0.25, 0.3) is 0 Å². The fraction of sp³-hybridized carbons (Fsp3) is 0.667. The zero-order chi connectivity index (χ0) is 19.4. The molecule has 148 valence electrons. The molecule has 3 heterocycles. The van der Waals surface area contributed by atoms with Gasteiger partial charge in [0.15, 0.2) is 0 Å². The predicted octanol–water partition coefficient (Wildman–Crippen LogP) is 0.451. The van der Waals surface area contributed by atoms with E-state index < -0.39 is 0 Å². The molecule has 0 bridgehead atoms. The molecule has 0 spiro atoms. The van der Waals surface area contributed by atoms with Gasteiger partial charge in [0.2, 0.25) is 5.95 Å². The molecule has 2 fully saturated rings. The number of amides is 2. The fourth-order valence-electron chi connectivity index (χ4n) is 3.28. The van der Waals surface area contributed by atoms with Gasteiger partial charge in [-0.2, -0.15) is 0 Å². The van der Waals surface area contributed by atoms with Crippen LogP contribution in [0.4, 0.5) is 10.7 Å². The molecule has 0 saturated carbocycles. The number of aromatic nitrogens is 2. The number of piperazine rings is 2. The summed E-state index contributed by atoms with van der Waals surface area (Å²) in [5, 5.41) is 0. The highest BCUT2D eigenvalue weighted by molar-refractivity contribution is 5.93. The normalized spacial score (nSPS) is 18.6. The molecule has 2 amide bonds. The molecule has 0 radical (unpaired) electrons. The molecule has 0 aliphatic carbocycles. The van der Waals surface area contributed by atoms with E-state index in [9.17, 15) is 9.59 Å². The lowest BCUT2D eigenvalue weighted by Crippen LogP contribution is -2.51. The molecule has 2 saturated heterocycles. The highest BCUT2D eigenvalue weighted by Gasteiger charge is 2.27. The number of nitrogens with zero attached hydrogens (tertiary/aromatic N) is 6. The second-order valence-electron chi connectivity index (χ2n) is 6.96. The first-order valence-electron chi connectivity index (χ1n) is 9.48. The summed E-state index contributed by atoms with van der Waals surface area (Å²) in [5.74, 6) is 0.510. The second-order valence-corrected chi connectivity index (χ2v) is 6.96. The van der Waals surface area contributed by atoms with Gasteiger partial charge in [0, 0.05) is 58.1 Å². The van der Waals surface area contributed by atoms with E-state index in [1.54, 1.807) is 22.8 Å². The molecule has 1 aromatic rings. The van der Waals surface area contributed by atoms with E-state index in [1.165, 1.54) is 0 Å². The van der Waals surface area contributed by atoms with E-state index in [0.717, 1.165) is 31.9 Å². The first-order chi connectivity index (χ1) is 13.0. The van der Waals surface area contributed by atoms with E-state index in [-0.39, 0.29) is 12.0 Å². The van der Waals surface area contributed by atoms with Gasteiger partial charge in [-0.3, -0.25) is 4.79 Å². The topological polar surface area (TPSA) is 82.1 Å². The largest absolute Gasteiger partial charge is 0.450 e. The van der Waals surface area contributed by atoms with Crippen LogP contribution < -0.4 is 4.90 Å². The zero-order valence-corrected chi connectivity index (χ0v) is 16.3. The number of carbonyl (C=O) groups is 2. The maximum Gasteiger partial charge on any atom is 0.409 e. The summed E-state index contributed by atoms with van der Waals surface area (Å²) in [5.41, 5.74) is 1.20. The molecule has 0 atom stereocenters. The molecule has 9 heteroatoms. The van der Waals surface area contributed by atoms with E-state index >= 15 is 0 Å². The van der Waals surface area contributed by atoms with Gasteiger partial charge in [0.1, 0.15) is 5.69 Å². The number of hydrogen-bond acceptors (Lipinski definition) is 7. The Morgan fingerprint density at radius 1 is 1.00 bits per heavy atom. The van der Waals surface area contributed by atoms with Gasteiger partial charge < -0.3 is 24.3 Å². The monoisotopic (exact) mass is 376 g/mol. The third kappa shape index (κ3) is 4.65. The third-order valence-electron chi connectivity index (χ3n) is 4.94. The molecule has 3 rings (SSSR count). The SMILES string of the molecule is CCOC(=O)N1CCN(C(=O)c2cc(C)nc(N3CCN(C)CC3)n2)CC1. The van der Waals surface area contributed by atoms with Crippen LogP contribution in [-0.4, -0.2) is 103 Å². The number of aryl methyl sites for hydroxylation is 1. The molecule has 0 N–H and O–H groups in total. The van der Waals surface area contributed by atoms with E-state index in [1.807, 2.05) is 6.92 Å². The van der Waals surface area contributed by atoms with E-state index in [4.69, 9.17) is 4.74 Å². The Kier molecular flexibility index (Phi) is 6.10. The first kappa shape index (κ1) is 19.3. The van der Waals surface area contributed by atoms with Crippen molar-refractivity contribution in [3.05, 3.63) is 17.5 Å². The third-order valence-corrected chi connectivity index (χ3v) is 4.94. The van der Waals surface area contributed by atoms with Crippen molar-refractivity contribution in [1.82, 2.24) is 24.7 Å². The molecule has 27 heavy (non-hydrogen) atoms. The first-order valence-corrected chi connectivity index (χ1v) is 9.48. The Hall–Kier alpha value is -2.42. The van der Waals surface area contributed by atoms with Crippen LogP contribution in [0.3, 0.4) is 0 Å². The number of hydrogen-bond donors (Lipinski definition) is 0. The zero-order valence-electron chi connectivity index (χ0n) is 16.3. The van der Waals surface area contributed by atoms with Crippen molar-refractivity contribution >= 4 is 17.9 Å². The van der Waals surface area contributed by atoms with Crippen molar-refractivity contribution < 1.29 is 14.3 Å². The highest BCUT2D eigenvalue weighted by Crippen LogP contribution is 2.15. The molecule has 0 unspecified atom stereocenters. The van der Waals surface area contributed by atoms with Crippen molar-refractivity contribution in [3.63, 3.8) is 0 Å². The van der Waals surface area contributed by atoms with Crippen LogP contribution in [0, 0.1) is 6.92 Å². The minimum absolute atomic E-state index is 0.112. The molecule has 2 aliphatic rings. The van der Waals surface area contributed by atoms with Crippen LogP contribution >= 0.6 is 0 Å². The molecule has 0 aromatic carbocycles. The Labute approximate surface area is 159 Å². The Bertz CT molecular complexity index is 682. The number of rotatable bonds is 3. The quantitative estimate of drug-likeness (QED) is 0.757. The summed E-state index contributed by atoms with van der Waals surface area (Å²) < 4.78 is 5.02. The van der Waals surface area contributed by atoms with Gasteiger partial charge >= 0.3 is 6.09 Å². The second kappa shape index (κ2) is 8.51. The van der Waals surface area contributed by atoms with E-state index in [2.05, 4.69) is 26.8 Å². The number of ether oxygens (including phenoxy) is 1. The maximum atomic E-state index is 12.9. The van der Waals surface area contributed by atoms with Crippen molar-refractivity contribution in [2.45, 2.75) is 13.8 Å². The van der Waals surface area contributed by atoms with Gasteiger partial charge in [-0.15, -0.1) is 0 Å². The molecular weight excluding hydrogens is 348 g/mol. The van der Waals surface area contributed by atoms with Crippen LogP contribution in [0.1, 0.15) is 23.1 Å². The van der Waals surface area contributed by atoms with Crippen molar-refractivity contribution in [3.8, 4) is 0 Å². The summed E-state index contributed by atoms with van der Waals surface area (Å²) in [6.45, 7) is 9.54. The lowest BCUT2D eigenvalue weighted by atomic mass is 10.2. The molecule has 1 aromatic heterocycles. The maximum absolute atomic E-state index is 12.9.